The average molecular weight is 260 g/mol. The summed E-state index contributed by atoms with van der Waals surface area (Å²) in [6, 6.07) is 7.82. The van der Waals surface area contributed by atoms with Crippen LogP contribution in [0.15, 0.2) is 24.3 Å². The van der Waals surface area contributed by atoms with Crippen molar-refractivity contribution in [1.82, 2.24) is 4.90 Å². The lowest BCUT2D eigenvalue weighted by molar-refractivity contribution is 0.0748. The smallest absolute Gasteiger partial charge is 0.255 e. The van der Waals surface area contributed by atoms with Crippen molar-refractivity contribution >= 4 is 11.6 Å². The van der Waals surface area contributed by atoms with E-state index in [-0.39, 0.29) is 5.91 Å². The fourth-order valence-electron chi connectivity index (χ4n) is 2.34. The van der Waals surface area contributed by atoms with Crippen LogP contribution >= 0.6 is 0 Å². The average Bonchev–Trinajstić information content (AvgIpc) is 3.22. The van der Waals surface area contributed by atoms with Crippen LogP contribution in [0.4, 0.5) is 5.69 Å². The van der Waals surface area contributed by atoms with Gasteiger partial charge in [-0.3, -0.25) is 4.79 Å². The second-order valence-electron chi connectivity index (χ2n) is 5.27. The van der Waals surface area contributed by atoms with E-state index in [2.05, 4.69) is 19.2 Å². The summed E-state index contributed by atoms with van der Waals surface area (Å²) in [6.07, 6.45) is 3.58. The molecule has 0 heterocycles. The van der Waals surface area contributed by atoms with E-state index in [9.17, 15) is 4.79 Å². The van der Waals surface area contributed by atoms with Gasteiger partial charge in [-0.15, -0.1) is 0 Å². The van der Waals surface area contributed by atoms with E-state index >= 15 is 0 Å². The number of carbonyl (C=O) groups excluding carboxylic acids is 1. The number of para-hydroxylation sites is 1. The lowest BCUT2D eigenvalue weighted by Crippen LogP contribution is -2.34. The Kier molecular flexibility index (Phi) is 4.83. The summed E-state index contributed by atoms with van der Waals surface area (Å²) in [5.74, 6) is 0.909. The number of hydrogen-bond donors (Lipinski definition) is 1. The van der Waals surface area contributed by atoms with Crippen molar-refractivity contribution in [1.29, 1.82) is 0 Å². The Balaban J connectivity index is 2.14. The lowest BCUT2D eigenvalue weighted by atomic mass is 10.1. The van der Waals surface area contributed by atoms with Crippen molar-refractivity contribution in [2.75, 3.05) is 25.0 Å². The SMILES string of the molecule is CCCN(CC1CC1)C(=O)c1ccccc1NCC. The largest absolute Gasteiger partial charge is 0.385 e. The Morgan fingerprint density at radius 3 is 2.68 bits per heavy atom. The molecule has 0 aliphatic heterocycles. The molecular weight excluding hydrogens is 236 g/mol. The van der Waals surface area contributed by atoms with Crippen LogP contribution in [0, 0.1) is 5.92 Å². The molecule has 1 aromatic rings. The summed E-state index contributed by atoms with van der Waals surface area (Å²) in [4.78, 5) is 14.7. The van der Waals surface area contributed by atoms with Gasteiger partial charge in [0.1, 0.15) is 0 Å². The van der Waals surface area contributed by atoms with Crippen molar-refractivity contribution in [2.24, 2.45) is 5.92 Å². The fourth-order valence-corrected chi connectivity index (χ4v) is 2.34. The van der Waals surface area contributed by atoms with E-state index in [1.807, 2.05) is 29.2 Å². The van der Waals surface area contributed by atoms with E-state index in [0.29, 0.717) is 0 Å². The van der Waals surface area contributed by atoms with Crippen molar-refractivity contribution < 1.29 is 4.79 Å². The molecule has 1 aromatic carbocycles. The minimum Gasteiger partial charge on any atom is -0.385 e. The van der Waals surface area contributed by atoms with E-state index in [4.69, 9.17) is 0 Å². The molecule has 0 bridgehead atoms. The molecule has 0 radical (unpaired) electrons. The summed E-state index contributed by atoms with van der Waals surface area (Å²) >= 11 is 0. The first-order valence-corrected chi connectivity index (χ1v) is 7.38. The minimum absolute atomic E-state index is 0.172. The number of anilines is 1. The van der Waals surface area contributed by atoms with Gasteiger partial charge in [0.25, 0.3) is 5.91 Å². The zero-order chi connectivity index (χ0) is 13.7. The van der Waals surface area contributed by atoms with Crippen LogP contribution in [0.3, 0.4) is 0 Å². The third kappa shape index (κ3) is 3.72. The Morgan fingerprint density at radius 2 is 2.05 bits per heavy atom. The molecule has 2 rings (SSSR count). The van der Waals surface area contributed by atoms with E-state index in [0.717, 1.165) is 43.2 Å². The molecule has 1 aliphatic carbocycles. The summed E-state index contributed by atoms with van der Waals surface area (Å²) < 4.78 is 0. The number of rotatable bonds is 7. The highest BCUT2D eigenvalue weighted by Gasteiger charge is 2.27. The quantitative estimate of drug-likeness (QED) is 0.815. The summed E-state index contributed by atoms with van der Waals surface area (Å²) in [5, 5.41) is 3.28. The highest BCUT2D eigenvalue weighted by atomic mass is 16.2. The van der Waals surface area contributed by atoms with Gasteiger partial charge in [-0.1, -0.05) is 19.1 Å². The fraction of sp³-hybridized carbons (Fsp3) is 0.562. The predicted molar refractivity (Wildman–Crippen MR) is 79.5 cm³/mol. The molecular formula is C16H24N2O. The predicted octanol–water partition coefficient (Wildman–Crippen LogP) is 3.38. The first-order valence-electron chi connectivity index (χ1n) is 7.38. The number of benzene rings is 1. The summed E-state index contributed by atoms with van der Waals surface area (Å²) in [7, 11) is 0. The maximum Gasteiger partial charge on any atom is 0.255 e. The van der Waals surface area contributed by atoms with E-state index in [1.165, 1.54) is 12.8 Å². The molecule has 3 heteroatoms. The monoisotopic (exact) mass is 260 g/mol. The van der Waals surface area contributed by atoms with Gasteiger partial charge >= 0.3 is 0 Å². The van der Waals surface area contributed by atoms with Gasteiger partial charge in [-0.05, 0) is 44.2 Å². The van der Waals surface area contributed by atoms with Crippen molar-refractivity contribution in [3.8, 4) is 0 Å². The second-order valence-corrected chi connectivity index (χ2v) is 5.27. The molecule has 19 heavy (non-hydrogen) atoms. The number of nitrogens with zero attached hydrogens (tertiary/aromatic N) is 1. The highest BCUT2D eigenvalue weighted by molar-refractivity contribution is 5.99. The van der Waals surface area contributed by atoms with Gasteiger partial charge in [-0.2, -0.15) is 0 Å². The molecule has 0 unspecified atom stereocenters. The van der Waals surface area contributed by atoms with Gasteiger partial charge in [0.2, 0.25) is 0 Å². The summed E-state index contributed by atoms with van der Waals surface area (Å²) in [5.41, 5.74) is 1.75. The van der Waals surface area contributed by atoms with Crippen molar-refractivity contribution in [3.63, 3.8) is 0 Å². The lowest BCUT2D eigenvalue weighted by Gasteiger charge is -2.23. The molecule has 3 nitrogen and oxygen atoms in total. The standard InChI is InChI=1S/C16H24N2O/c1-3-11-18(12-13-9-10-13)16(19)14-7-5-6-8-15(14)17-4-2/h5-8,13,17H,3-4,9-12H2,1-2H3. The third-order valence-electron chi connectivity index (χ3n) is 3.48. The zero-order valence-electron chi connectivity index (χ0n) is 12.0. The van der Waals surface area contributed by atoms with Gasteiger partial charge in [0.05, 0.1) is 5.56 Å². The topological polar surface area (TPSA) is 32.3 Å². The molecule has 0 atom stereocenters. The highest BCUT2D eigenvalue weighted by Crippen LogP contribution is 2.30. The van der Waals surface area contributed by atoms with Crippen LogP contribution in [0.1, 0.15) is 43.5 Å². The molecule has 1 amide bonds. The molecule has 1 fully saturated rings. The third-order valence-corrected chi connectivity index (χ3v) is 3.48. The Hall–Kier alpha value is -1.51. The van der Waals surface area contributed by atoms with E-state index in [1.54, 1.807) is 0 Å². The number of amides is 1. The van der Waals surface area contributed by atoms with Gasteiger partial charge in [0, 0.05) is 25.3 Å². The van der Waals surface area contributed by atoms with Crippen LogP contribution in [0.5, 0.6) is 0 Å². The minimum atomic E-state index is 0.172. The molecule has 104 valence electrons. The Morgan fingerprint density at radius 1 is 1.32 bits per heavy atom. The maximum atomic E-state index is 12.7. The molecule has 0 spiro atoms. The van der Waals surface area contributed by atoms with Crippen LogP contribution in [-0.4, -0.2) is 30.4 Å². The molecule has 0 saturated heterocycles. The van der Waals surface area contributed by atoms with Crippen LogP contribution < -0.4 is 5.32 Å². The van der Waals surface area contributed by atoms with Crippen LogP contribution in [-0.2, 0) is 0 Å². The first kappa shape index (κ1) is 13.9. The van der Waals surface area contributed by atoms with Gasteiger partial charge < -0.3 is 10.2 Å². The number of hydrogen-bond acceptors (Lipinski definition) is 2. The molecule has 1 aliphatic rings. The van der Waals surface area contributed by atoms with Gasteiger partial charge in [-0.25, -0.2) is 0 Å². The molecule has 1 N–H and O–H groups in total. The van der Waals surface area contributed by atoms with Gasteiger partial charge in [0.15, 0.2) is 0 Å². The first-order chi connectivity index (χ1) is 9.26. The Bertz CT molecular complexity index is 427. The number of carbonyl (C=O) groups is 1. The van der Waals surface area contributed by atoms with Crippen molar-refractivity contribution in [2.45, 2.75) is 33.1 Å². The van der Waals surface area contributed by atoms with Crippen LogP contribution in [0.25, 0.3) is 0 Å². The zero-order valence-corrected chi connectivity index (χ0v) is 12.0. The summed E-state index contributed by atoms with van der Waals surface area (Å²) in [6.45, 7) is 6.79. The maximum absolute atomic E-state index is 12.7. The second kappa shape index (κ2) is 6.60. The molecule has 1 saturated carbocycles. The van der Waals surface area contributed by atoms with Crippen molar-refractivity contribution in [3.05, 3.63) is 29.8 Å². The number of nitrogens with one attached hydrogen (secondary N) is 1. The Labute approximate surface area is 116 Å². The van der Waals surface area contributed by atoms with E-state index < -0.39 is 0 Å². The molecule has 0 aromatic heterocycles. The normalized spacial score (nSPS) is 14.2. The van der Waals surface area contributed by atoms with Crippen LogP contribution in [0.2, 0.25) is 0 Å².